The van der Waals surface area contributed by atoms with Crippen LogP contribution in [0.5, 0.6) is 0 Å². The van der Waals surface area contributed by atoms with Gasteiger partial charge in [0.05, 0.1) is 0 Å². The Morgan fingerprint density at radius 1 is 1.20 bits per heavy atom. The van der Waals surface area contributed by atoms with Crippen LogP contribution in [-0.2, 0) is 14.3 Å². The molecule has 0 aliphatic heterocycles. The number of ether oxygens (including phenoxy) is 1. The molecule has 0 aromatic rings. The van der Waals surface area contributed by atoms with E-state index < -0.39 is 5.97 Å². The molecular weight excluding hydrogens is 132 g/mol. The van der Waals surface area contributed by atoms with E-state index in [9.17, 15) is 9.59 Å². The second-order valence-electron chi connectivity index (χ2n) is 1.97. The largest absolute Gasteiger partial charge is 0.434 e. The summed E-state index contributed by atoms with van der Waals surface area (Å²) in [6.45, 7) is 4.28. The monoisotopic (exact) mass is 142 g/mol. The summed E-state index contributed by atoms with van der Waals surface area (Å²) in [5, 5.41) is 0. The molecule has 0 saturated carbocycles. The lowest BCUT2D eigenvalue weighted by Crippen LogP contribution is -1.96. The summed E-state index contributed by atoms with van der Waals surface area (Å²) in [7, 11) is 0. The molecule has 0 aromatic heterocycles. The van der Waals surface area contributed by atoms with Gasteiger partial charge in [-0.3, -0.25) is 9.59 Å². The average Bonchev–Trinajstić information content (AvgIpc) is 1.82. The number of allylic oxidation sites excluding steroid dienone is 1. The van der Waals surface area contributed by atoms with Gasteiger partial charge in [0.1, 0.15) is 6.26 Å². The number of rotatable bonds is 2. The molecule has 0 rings (SSSR count). The second kappa shape index (κ2) is 3.82. The minimum atomic E-state index is -0.416. The zero-order chi connectivity index (χ0) is 8.15. The van der Waals surface area contributed by atoms with Gasteiger partial charge < -0.3 is 4.74 Å². The van der Waals surface area contributed by atoms with E-state index in [0.717, 1.165) is 6.26 Å². The van der Waals surface area contributed by atoms with Crippen LogP contribution in [0.4, 0.5) is 0 Å². The molecule has 0 fully saturated rings. The first-order chi connectivity index (χ1) is 4.54. The van der Waals surface area contributed by atoms with E-state index in [1.54, 1.807) is 6.92 Å². The number of hydrogen-bond acceptors (Lipinski definition) is 3. The molecule has 0 atom stereocenters. The Hall–Kier alpha value is -1.12. The number of carbonyl (C=O) groups excluding carboxylic acids is 2. The van der Waals surface area contributed by atoms with Gasteiger partial charge in [-0.1, -0.05) is 0 Å². The molecule has 0 heterocycles. The van der Waals surface area contributed by atoms with E-state index in [-0.39, 0.29) is 5.78 Å². The Morgan fingerprint density at radius 2 is 1.70 bits per heavy atom. The molecule has 10 heavy (non-hydrogen) atoms. The normalized spacial score (nSPS) is 10.9. The zero-order valence-electron chi connectivity index (χ0n) is 6.30. The standard InChI is InChI=1S/C7H10O3/c1-5(6(2)8)4-10-7(3)9/h4H,1-3H3. The number of ketones is 1. The Kier molecular flexibility index (Phi) is 3.39. The number of Topliss-reactive ketones (excluding diaryl/α,β-unsaturated/α-hetero) is 1. The lowest BCUT2D eigenvalue weighted by atomic mass is 10.2. The fraction of sp³-hybridized carbons (Fsp3) is 0.429. The van der Waals surface area contributed by atoms with Gasteiger partial charge in [-0.2, -0.15) is 0 Å². The highest BCUT2D eigenvalue weighted by molar-refractivity contribution is 5.92. The molecule has 0 spiro atoms. The van der Waals surface area contributed by atoms with Crippen LogP contribution in [0.2, 0.25) is 0 Å². The number of esters is 1. The second-order valence-corrected chi connectivity index (χ2v) is 1.97. The summed E-state index contributed by atoms with van der Waals surface area (Å²) < 4.78 is 4.44. The van der Waals surface area contributed by atoms with Gasteiger partial charge in [0, 0.05) is 12.5 Å². The minimum absolute atomic E-state index is 0.0961. The lowest BCUT2D eigenvalue weighted by Gasteiger charge is -1.93. The summed E-state index contributed by atoms with van der Waals surface area (Å²) in [6, 6.07) is 0. The first-order valence-electron chi connectivity index (χ1n) is 2.89. The minimum Gasteiger partial charge on any atom is -0.434 e. The predicted octanol–water partition coefficient (Wildman–Crippen LogP) is 1.04. The van der Waals surface area contributed by atoms with Crippen LogP contribution in [0.25, 0.3) is 0 Å². The first kappa shape index (κ1) is 8.88. The van der Waals surface area contributed by atoms with Gasteiger partial charge in [-0.05, 0) is 13.8 Å². The highest BCUT2D eigenvalue weighted by Gasteiger charge is 1.96. The lowest BCUT2D eigenvalue weighted by molar-refractivity contribution is -0.135. The van der Waals surface area contributed by atoms with Crippen molar-refractivity contribution in [2.24, 2.45) is 0 Å². The molecule has 0 aromatic carbocycles. The van der Waals surface area contributed by atoms with Crippen molar-refractivity contribution in [3.63, 3.8) is 0 Å². The Balaban J connectivity index is 3.92. The van der Waals surface area contributed by atoms with Crippen molar-refractivity contribution in [3.8, 4) is 0 Å². The van der Waals surface area contributed by atoms with Crippen LogP contribution in [0.3, 0.4) is 0 Å². The van der Waals surface area contributed by atoms with Gasteiger partial charge in [0.25, 0.3) is 0 Å². The van der Waals surface area contributed by atoms with E-state index in [2.05, 4.69) is 4.74 Å². The predicted molar refractivity (Wildman–Crippen MR) is 36.2 cm³/mol. The Bertz CT molecular complexity index is 179. The van der Waals surface area contributed by atoms with Crippen LogP contribution in [-0.4, -0.2) is 11.8 Å². The molecule has 0 unspecified atom stereocenters. The fourth-order valence-corrected chi connectivity index (χ4v) is 0.254. The van der Waals surface area contributed by atoms with Crippen LogP contribution in [0.15, 0.2) is 11.8 Å². The summed E-state index contributed by atoms with van der Waals surface area (Å²) >= 11 is 0. The smallest absolute Gasteiger partial charge is 0.307 e. The average molecular weight is 142 g/mol. The highest BCUT2D eigenvalue weighted by Crippen LogP contribution is 1.93. The van der Waals surface area contributed by atoms with E-state index in [4.69, 9.17) is 0 Å². The quantitative estimate of drug-likeness (QED) is 0.328. The fourth-order valence-electron chi connectivity index (χ4n) is 0.254. The SMILES string of the molecule is CC(=O)OC=C(C)C(C)=O. The molecule has 0 amide bonds. The van der Waals surface area contributed by atoms with E-state index >= 15 is 0 Å². The molecule has 0 saturated heterocycles. The topological polar surface area (TPSA) is 43.4 Å². The van der Waals surface area contributed by atoms with Crippen molar-refractivity contribution < 1.29 is 14.3 Å². The van der Waals surface area contributed by atoms with Gasteiger partial charge in [0.2, 0.25) is 0 Å². The maximum atomic E-state index is 10.5. The molecule has 56 valence electrons. The van der Waals surface area contributed by atoms with E-state index in [1.807, 2.05) is 0 Å². The van der Waals surface area contributed by atoms with Gasteiger partial charge in [-0.15, -0.1) is 0 Å². The van der Waals surface area contributed by atoms with Crippen LogP contribution >= 0.6 is 0 Å². The number of carbonyl (C=O) groups is 2. The van der Waals surface area contributed by atoms with E-state index in [0.29, 0.717) is 5.57 Å². The van der Waals surface area contributed by atoms with Crippen molar-refractivity contribution in [2.45, 2.75) is 20.8 Å². The van der Waals surface area contributed by atoms with Gasteiger partial charge in [0.15, 0.2) is 5.78 Å². The summed E-state index contributed by atoms with van der Waals surface area (Å²) in [5.41, 5.74) is 0.440. The first-order valence-corrected chi connectivity index (χ1v) is 2.89. The summed E-state index contributed by atoms with van der Waals surface area (Å²) in [5.74, 6) is -0.512. The molecular formula is C7H10O3. The van der Waals surface area contributed by atoms with Crippen LogP contribution in [0, 0.1) is 0 Å². The van der Waals surface area contributed by atoms with E-state index in [1.165, 1.54) is 13.8 Å². The molecule has 0 aliphatic rings. The van der Waals surface area contributed by atoms with Crippen LogP contribution in [0.1, 0.15) is 20.8 Å². The van der Waals surface area contributed by atoms with Gasteiger partial charge >= 0.3 is 5.97 Å². The molecule has 0 radical (unpaired) electrons. The van der Waals surface area contributed by atoms with Gasteiger partial charge in [-0.25, -0.2) is 0 Å². The van der Waals surface area contributed by atoms with Crippen molar-refractivity contribution in [3.05, 3.63) is 11.8 Å². The maximum Gasteiger partial charge on any atom is 0.307 e. The van der Waals surface area contributed by atoms with Crippen LogP contribution < -0.4 is 0 Å². The molecule has 3 heteroatoms. The van der Waals surface area contributed by atoms with Crippen molar-refractivity contribution in [2.75, 3.05) is 0 Å². The third kappa shape index (κ3) is 3.83. The Morgan fingerprint density at radius 3 is 2.00 bits per heavy atom. The number of hydrogen-bond donors (Lipinski definition) is 0. The molecule has 0 bridgehead atoms. The third-order valence-electron chi connectivity index (χ3n) is 0.957. The molecule has 0 aliphatic carbocycles. The maximum absolute atomic E-state index is 10.5. The Labute approximate surface area is 59.7 Å². The molecule has 3 nitrogen and oxygen atoms in total. The van der Waals surface area contributed by atoms with Crippen molar-refractivity contribution in [1.29, 1.82) is 0 Å². The zero-order valence-corrected chi connectivity index (χ0v) is 6.30. The summed E-state index contributed by atoms with van der Waals surface area (Å²) in [6.07, 6.45) is 1.16. The summed E-state index contributed by atoms with van der Waals surface area (Å²) in [4.78, 5) is 20.7. The van der Waals surface area contributed by atoms with Crippen molar-refractivity contribution in [1.82, 2.24) is 0 Å². The highest BCUT2D eigenvalue weighted by atomic mass is 16.5. The third-order valence-corrected chi connectivity index (χ3v) is 0.957. The molecule has 0 N–H and O–H groups in total. The van der Waals surface area contributed by atoms with Crippen molar-refractivity contribution >= 4 is 11.8 Å².